The molecule has 12 nitrogen and oxygen atoms in total. The van der Waals surface area contributed by atoms with Gasteiger partial charge in [-0.15, -0.1) is 0 Å². The number of carbonyl (C=O) groups is 1. The van der Waals surface area contributed by atoms with Gasteiger partial charge in [-0.05, 0) is 44.9 Å². The van der Waals surface area contributed by atoms with Crippen molar-refractivity contribution in [3.63, 3.8) is 0 Å². The monoisotopic (exact) mass is 829 g/mol. The van der Waals surface area contributed by atoms with Crippen molar-refractivity contribution >= 4 is 16.4 Å². The van der Waals surface area contributed by atoms with E-state index in [1.165, 1.54) is 64.2 Å². The lowest BCUT2D eigenvalue weighted by atomic mass is 9.99. The maximum atomic E-state index is 12.8. The van der Waals surface area contributed by atoms with Crippen molar-refractivity contribution in [2.24, 2.45) is 0 Å². The van der Waals surface area contributed by atoms with Crippen molar-refractivity contribution in [1.82, 2.24) is 0 Å². The van der Waals surface area contributed by atoms with Gasteiger partial charge in [-0.2, -0.15) is 8.42 Å². The summed E-state index contributed by atoms with van der Waals surface area (Å²) in [6.07, 6.45) is 34.2. The highest BCUT2D eigenvalue weighted by atomic mass is 32.3. The molecule has 0 amide bonds. The molecule has 0 aliphatic carbocycles. The first-order valence-corrected chi connectivity index (χ1v) is 22.9. The van der Waals surface area contributed by atoms with E-state index in [9.17, 15) is 28.5 Å². The number of rotatable bonds is 36. The minimum atomic E-state index is -5.07. The number of unbranched alkanes of at least 4 members (excludes halogenated alkanes) is 13. The van der Waals surface area contributed by atoms with Crippen LogP contribution in [0.2, 0.25) is 0 Å². The molecule has 0 radical (unpaired) electrons. The van der Waals surface area contributed by atoms with E-state index in [2.05, 4.69) is 66.6 Å². The summed E-state index contributed by atoms with van der Waals surface area (Å²) < 4.78 is 58.8. The summed E-state index contributed by atoms with van der Waals surface area (Å²) in [5, 5.41) is 30.6. The predicted octanol–water partition coefficient (Wildman–Crippen LogP) is 8.57. The second-order valence-corrected chi connectivity index (χ2v) is 15.6. The zero-order valence-corrected chi connectivity index (χ0v) is 35.7. The quantitative estimate of drug-likeness (QED) is 0.0205. The highest BCUT2D eigenvalue weighted by Crippen LogP contribution is 2.26. The molecule has 1 fully saturated rings. The van der Waals surface area contributed by atoms with E-state index in [0.717, 1.165) is 51.4 Å². The molecule has 1 heterocycles. The number of carbonyl (C=O) groups excluding carboxylic acids is 1. The number of hydrogen-bond donors (Lipinski definition) is 4. The average Bonchev–Trinajstić information content (AvgIpc) is 3.18. The molecule has 13 heteroatoms. The average molecular weight is 829 g/mol. The Bertz CT molecular complexity index is 1230. The number of esters is 1. The first-order chi connectivity index (χ1) is 27.6. The lowest BCUT2D eigenvalue weighted by molar-refractivity contribution is -0.301. The van der Waals surface area contributed by atoms with Crippen LogP contribution >= 0.6 is 0 Å². The molecule has 4 N–H and O–H groups in total. The Balaban J connectivity index is 2.52. The third kappa shape index (κ3) is 29.6. The van der Waals surface area contributed by atoms with Gasteiger partial charge in [-0.3, -0.25) is 9.35 Å². The van der Waals surface area contributed by atoms with Crippen LogP contribution < -0.4 is 0 Å². The molecular weight excluding hydrogens is 753 g/mol. The Kier molecular flexibility index (Phi) is 33.1. The van der Waals surface area contributed by atoms with Crippen molar-refractivity contribution in [1.29, 1.82) is 0 Å². The largest absolute Gasteiger partial charge is 0.457 e. The Morgan fingerprint density at radius 3 is 1.67 bits per heavy atom. The molecule has 1 aliphatic rings. The second kappa shape index (κ2) is 35.7. The van der Waals surface area contributed by atoms with Gasteiger partial charge in [0.1, 0.15) is 30.5 Å². The van der Waals surface area contributed by atoms with Crippen molar-refractivity contribution in [2.45, 2.75) is 185 Å². The van der Waals surface area contributed by atoms with Crippen LogP contribution in [0.3, 0.4) is 0 Å². The van der Waals surface area contributed by atoms with Gasteiger partial charge in [0.25, 0.3) is 0 Å². The summed E-state index contributed by atoms with van der Waals surface area (Å²) in [7, 11) is -5.07. The Morgan fingerprint density at radius 1 is 0.684 bits per heavy atom. The first-order valence-electron chi connectivity index (χ1n) is 21.5. The van der Waals surface area contributed by atoms with Gasteiger partial charge in [-0.1, -0.05) is 158 Å². The molecule has 6 atom stereocenters. The smallest absolute Gasteiger partial charge is 0.397 e. The van der Waals surface area contributed by atoms with Gasteiger partial charge in [0, 0.05) is 6.42 Å². The van der Waals surface area contributed by atoms with Crippen molar-refractivity contribution < 1.29 is 56.2 Å². The highest BCUT2D eigenvalue weighted by molar-refractivity contribution is 7.80. The molecule has 1 saturated heterocycles. The van der Waals surface area contributed by atoms with Gasteiger partial charge in [0.05, 0.1) is 26.4 Å². The molecule has 0 saturated carbocycles. The summed E-state index contributed by atoms with van der Waals surface area (Å²) in [5.41, 5.74) is 0. The maximum Gasteiger partial charge on any atom is 0.397 e. The second-order valence-electron chi connectivity index (χ2n) is 14.6. The Labute approximate surface area is 344 Å². The Morgan fingerprint density at radius 2 is 1.18 bits per heavy atom. The molecule has 330 valence electrons. The fourth-order valence-electron chi connectivity index (χ4n) is 6.21. The van der Waals surface area contributed by atoms with Crippen LogP contribution in [0.1, 0.15) is 149 Å². The fraction of sp³-hybridized carbons (Fsp3) is 0.750. The predicted molar refractivity (Wildman–Crippen MR) is 225 cm³/mol. The van der Waals surface area contributed by atoms with E-state index in [4.69, 9.17) is 23.5 Å². The first kappa shape index (κ1) is 52.8. The van der Waals surface area contributed by atoms with Crippen molar-refractivity contribution in [2.75, 3.05) is 26.4 Å². The van der Waals surface area contributed by atoms with Gasteiger partial charge in [0.15, 0.2) is 6.29 Å². The van der Waals surface area contributed by atoms with Gasteiger partial charge < -0.3 is 34.3 Å². The molecule has 0 aromatic carbocycles. The van der Waals surface area contributed by atoms with Crippen LogP contribution in [-0.4, -0.2) is 97.5 Å². The van der Waals surface area contributed by atoms with Crippen LogP contribution in [0.4, 0.5) is 0 Å². The molecule has 0 aromatic rings. The molecule has 0 spiro atoms. The lowest BCUT2D eigenvalue weighted by Crippen LogP contribution is -2.60. The van der Waals surface area contributed by atoms with E-state index >= 15 is 0 Å². The zero-order valence-electron chi connectivity index (χ0n) is 34.9. The van der Waals surface area contributed by atoms with Crippen LogP contribution in [0.5, 0.6) is 0 Å². The summed E-state index contributed by atoms with van der Waals surface area (Å²) in [6.45, 7) is 3.64. The molecule has 0 aromatic heterocycles. The maximum absolute atomic E-state index is 12.8. The third-order valence-electron chi connectivity index (χ3n) is 9.42. The normalized spacial score (nSPS) is 21.3. The van der Waals surface area contributed by atoms with Crippen LogP contribution in [0.15, 0.2) is 60.8 Å². The SMILES string of the molecule is CC/C=C\C/C=C\C/C=C\C/C=C\C/C=C\CCOCC(COC1OC(CO)C(O)C(OS(=O)(=O)O)C1O)OC(=O)CCCCCCCCCCCCCCCC. The van der Waals surface area contributed by atoms with Crippen LogP contribution in [-0.2, 0) is 38.3 Å². The molecule has 6 unspecified atom stereocenters. The third-order valence-corrected chi connectivity index (χ3v) is 9.89. The molecular formula is C44H76O12S. The number of aliphatic hydroxyl groups is 3. The minimum Gasteiger partial charge on any atom is -0.457 e. The van der Waals surface area contributed by atoms with Crippen molar-refractivity contribution in [3.8, 4) is 0 Å². The van der Waals surface area contributed by atoms with Crippen LogP contribution in [0.25, 0.3) is 0 Å². The molecule has 57 heavy (non-hydrogen) atoms. The van der Waals surface area contributed by atoms with E-state index in [1.807, 2.05) is 12.2 Å². The van der Waals surface area contributed by atoms with E-state index in [0.29, 0.717) is 19.4 Å². The van der Waals surface area contributed by atoms with Crippen molar-refractivity contribution in [3.05, 3.63) is 60.8 Å². The standard InChI is InChI=1S/C44H76O12S/c1-3-5-7-9-11-13-15-17-19-20-22-24-26-28-30-32-34-52-36-38(37-53-44-42(48)43(56-57(49,50)51)41(47)39(35-45)55-44)54-40(46)33-31-29-27-25-23-21-18-16-14-12-10-8-6-4-2/h5,7,11,13,17,19,22,24,28,30,38-39,41-45,47-48H,3-4,6,8-10,12,14-16,18,20-21,23,25-27,29,31-37H2,1-2H3,(H,49,50,51)/b7-5-,13-11-,19-17-,24-22-,30-28-. The summed E-state index contributed by atoms with van der Waals surface area (Å²) in [6, 6.07) is 0. The topological polar surface area (TPSA) is 178 Å². The highest BCUT2D eigenvalue weighted by Gasteiger charge is 2.48. The zero-order chi connectivity index (χ0) is 41.8. The lowest BCUT2D eigenvalue weighted by Gasteiger charge is -2.41. The summed E-state index contributed by atoms with van der Waals surface area (Å²) in [4.78, 5) is 12.8. The minimum absolute atomic E-state index is 0.0188. The Hall–Kier alpha value is -2.20. The summed E-state index contributed by atoms with van der Waals surface area (Å²) >= 11 is 0. The van der Waals surface area contributed by atoms with E-state index in [1.54, 1.807) is 0 Å². The number of allylic oxidation sites excluding steroid dienone is 9. The van der Waals surface area contributed by atoms with Gasteiger partial charge in [-0.25, -0.2) is 4.18 Å². The van der Waals surface area contributed by atoms with Gasteiger partial charge >= 0.3 is 16.4 Å². The fourth-order valence-corrected chi connectivity index (χ4v) is 6.72. The molecule has 1 rings (SSSR count). The number of aliphatic hydroxyl groups excluding tert-OH is 3. The number of hydrogen-bond acceptors (Lipinski definition) is 11. The van der Waals surface area contributed by atoms with E-state index < -0.39 is 59.8 Å². The van der Waals surface area contributed by atoms with Crippen LogP contribution in [0, 0.1) is 0 Å². The van der Waals surface area contributed by atoms with E-state index in [-0.39, 0.29) is 19.6 Å². The van der Waals surface area contributed by atoms with Gasteiger partial charge in [0.2, 0.25) is 0 Å². The number of ether oxygens (including phenoxy) is 4. The summed E-state index contributed by atoms with van der Waals surface area (Å²) in [5.74, 6) is -0.426. The molecule has 0 bridgehead atoms. The molecule has 1 aliphatic heterocycles.